The van der Waals surface area contributed by atoms with Gasteiger partial charge in [0, 0.05) is 33.4 Å². The zero-order valence-electron chi connectivity index (χ0n) is 10.9. The van der Waals surface area contributed by atoms with E-state index in [-0.39, 0.29) is 5.91 Å². The Morgan fingerprint density at radius 2 is 2.00 bits per heavy atom. The molecule has 0 saturated heterocycles. The van der Waals surface area contributed by atoms with Crippen molar-refractivity contribution in [2.24, 2.45) is 0 Å². The number of nitrogens with zero attached hydrogens (tertiary/aromatic N) is 3. The van der Waals surface area contributed by atoms with Gasteiger partial charge in [0.1, 0.15) is 5.69 Å². The molecule has 1 amide bonds. The average Bonchev–Trinajstić information content (AvgIpc) is 2.30. The summed E-state index contributed by atoms with van der Waals surface area (Å²) in [7, 11) is 3.79. The average molecular weight is 236 g/mol. The largest absolute Gasteiger partial charge is 0.338 e. The van der Waals surface area contributed by atoms with Gasteiger partial charge >= 0.3 is 0 Å². The van der Waals surface area contributed by atoms with Crippen molar-refractivity contribution in [3.63, 3.8) is 0 Å². The highest BCUT2D eigenvalue weighted by molar-refractivity contribution is 5.93. The van der Waals surface area contributed by atoms with Crippen molar-refractivity contribution in [3.05, 3.63) is 24.0 Å². The molecule has 1 aromatic heterocycles. The lowest BCUT2D eigenvalue weighted by Gasteiger charge is -2.19. The Morgan fingerprint density at radius 1 is 1.35 bits per heavy atom. The summed E-state index contributed by atoms with van der Waals surface area (Å²) < 4.78 is 0. The first kappa shape index (κ1) is 13.4. The molecule has 1 N–H and O–H groups in total. The Labute approximate surface area is 102 Å². The molecule has 17 heavy (non-hydrogen) atoms. The third-order valence-electron chi connectivity index (χ3n) is 2.38. The lowest BCUT2D eigenvalue weighted by molar-refractivity contribution is 0.0767. The van der Waals surface area contributed by atoms with Crippen molar-refractivity contribution in [1.29, 1.82) is 0 Å². The number of amides is 1. The number of anilines is 1. The van der Waals surface area contributed by atoms with Crippen molar-refractivity contribution in [3.8, 4) is 0 Å². The number of hydrogen-bond donors (Lipinski definition) is 1. The summed E-state index contributed by atoms with van der Waals surface area (Å²) in [5.41, 5.74) is 4.43. The molecule has 0 saturated carbocycles. The molecule has 0 spiro atoms. The smallest absolute Gasteiger partial charge is 0.272 e. The van der Waals surface area contributed by atoms with Gasteiger partial charge in [0.25, 0.3) is 5.91 Å². The second kappa shape index (κ2) is 6.20. The molecule has 0 fully saturated rings. The van der Waals surface area contributed by atoms with E-state index < -0.39 is 0 Å². The van der Waals surface area contributed by atoms with Gasteiger partial charge in [-0.05, 0) is 26.0 Å². The molecule has 0 bridgehead atoms. The Kier molecular flexibility index (Phi) is 4.90. The molecule has 1 aromatic rings. The van der Waals surface area contributed by atoms with E-state index in [1.807, 2.05) is 39.0 Å². The summed E-state index contributed by atoms with van der Waals surface area (Å²) in [5, 5.41) is 1.82. The lowest BCUT2D eigenvalue weighted by atomic mass is 10.3. The molecule has 0 unspecified atom stereocenters. The highest BCUT2D eigenvalue weighted by atomic mass is 16.2. The first-order valence-electron chi connectivity index (χ1n) is 5.77. The molecule has 1 rings (SSSR count). The van der Waals surface area contributed by atoms with Crippen LogP contribution in [0, 0.1) is 0 Å². The summed E-state index contributed by atoms with van der Waals surface area (Å²) in [6.07, 6.45) is 1.64. The van der Waals surface area contributed by atoms with Gasteiger partial charge in [0.15, 0.2) is 0 Å². The minimum Gasteiger partial charge on any atom is -0.338 e. The van der Waals surface area contributed by atoms with Crippen LogP contribution in [-0.4, -0.2) is 48.0 Å². The zero-order valence-corrected chi connectivity index (χ0v) is 10.9. The summed E-state index contributed by atoms with van der Waals surface area (Å²) in [6.45, 7) is 5.32. The van der Waals surface area contributed by atoms with Crippen molar-refractivity contribution < 1.29 is 4.79 Å². The van der Waals surface area contributed by atoms with Crippen LogP contribution in [-0.2, 0) is 0 Å². The molecule has 5 nitrogen and oxygen atoms in total. The minimum atomic E-state index is -0.0302. The van der Waals surface area contributed by atoms with E-state index in [0.717, 1.165) is 5.69 Å². The van der Waals surface area contributed by atoms with Crippen LogP contribution in [0.25, 0.3) is 0 Å². The van der Waals surface area contributed by atoms with Crippen molar-refractivity contribution in [1.82, 2.24) is 14.9 Å². The van der Waals surface area contributed by atoms with Gasteiger partial charge in [-0.25, -0.2) is 5.01 Å². The predicted octanol–water partition coefficient (Wildman–Crippen LogP) is 1.45. The summed E-state index contributed by atoms with van der Waals surface area (Å²) in [5.74, 6) is -0.0302. The molecular formula is C12H20N4O. The van der Waals surface area contributed by atoms with Crippen LogP contribution in [0.2, 0.25) is 0 Å². The van der Waals surface area contributed by atoms with E-state index >= 15 is 0 Å². The number of nitrogens with one attached hydrogen (secondary N) is 1. The van der Waals surface area contributed by atoms with Crippen molar-refractivity contribution in [2.75, 3.05) is 32.6 Å². The highest BCUT2D eigenvalue weighted by Gasteiger charge is 2.13. The van der Waals surface area contributed by atoms with Gasteiger partial charge < -0.3 is 10.3 Å². The Balaban J connectivity index is 2.87. The molecule has 0 aliphatic heterocycles. The van der Waals surface area contributed by atoms with E-state index in [4.69, 9.17) is 0 Å². The van der Waals surface area contributed by atoms with Gasteiger partial charge in [-0.2, -0.15) is 0 Å². The van der Waals surface area contributed by atoms with Gasteiger partial charge in [0.05, 0.1) is 5.69 Å². The van der Waals surface area contributed by atoms with E-state index in [0.29, 0.717) is 18.8 Å². The molecule has 0 aliphatic carbocycles. The fourth-order valence-electron chi connectivity index (χ4n) is 1.55. The van der Waals surface area contributed by atoms with Crippen molar-refractivity contribution >= 4 is 11.6 Å². The number of carbonyl (C=O) groups excluding carboxylic acids is 1. The second-order valence-electron chi connectivity index (χ2n) is 3.91. The van der Waals surface area contributed by atoms with Crippen LogP contribution in [0.15, 0.2) is 18.3 Å². The molecule has 0 aromatic carbocycles. The standard InChI is InChI=1S/C12H20N4O/c1-5-16(6-2)12(17)11-9-10(7-8-13-11)14-15(3)4/h7-9H,5-6H2,1-4H3,(H,13,14). The minimum absolute atomic E-state index is 0.0302. The van der Waals surface area contributed by atoms with Crippen LogP contribution in [0.5, 0.6) is 0 Å². The molecular weight excluding hydrogens is 216 g/mol. The molecule has 1 heterocycles. The van der Waals surface area contributed by atoms with Crippen LogP contribution in [0.1, 0.15) is 24.3 Å². The van der Waals surface area contributed by atoms with Gasteiger partial charge in [-0.1, -0.05) is 0 Å². The van der Waals surface area contributed by atoms with Gasteiger partial charge in [0.2, 0.25) is 0 Å². The number of aromatic nitrogens is 1. The summed E-state index contributed by atoms with van der Waals surface area (Å²) in [6, 6.07) is 3.60. The van der Waals surface area contributed by atoms with Crippen LogP contribution >= 0.6 is 0 Å². The van der Waals surface area contributed by atoms with E-state index in [1.165, 1.54) is 0 Å². The molecule has 0 radical (unpaired) electrons. The monoisotopic (exact) mass is 236 g/mol. The second-order valence-corrected chi connectivity index (χ2v) is 3.91. The fourth-order valence-corrected chi connectivity index (χ4v) is 1.55. The van der Waals surface area contributed by atoms with E-state index in [9.17, 15) is 4.79 Å². The summed E-state index contributed by atoms with van der Waals surface area (Å²) in [4.78, 5) is 17.9. The first-order chi connectivity index (χ1) is 8.08. The Hall–Kier alpha value is -1.62. The Morgan fingerprint density at radius 3 is 2.53 bits per heavy atom. The van der Waals surface area contributed by atoms with E-state index in [2.05, 4.69) is 10.4 Å². The molecule has 94 valence electrons. The van der Waals surface area contributed by atoms with Crippen LogP contribution in [0.4, 0.5) is 5.69 Å². The quantitative estimate of drug-likeness (QED) is 0.786. The SMILES string of the molecule is CCN(CC)C(=O)c1cc(NN(C)C)ccn1. The van der Waals surface area contributed by atoms with Crippen molar-refractivity contribution in [2.45, 2.75) is 13.8 Å². The maximum atomic E-state index is 12.1. The van der Waals surface area contributed by atoms with E-state index in [1.54, 1.807) is 17.2 Å². The predicted molar refractivity (Wildman–Crippen MR) is 68.8 cm³/mol. The van der Waals surface area contributed by atoms with Gasteiger partial charge in [-0.15, -0.1) is 0 Å². The molecule has 0 atom stereocenters. The first-order valence-corrected chi connectivity index (χ1v) is 5.77. The number of carbonyl (C=O) groups is 1. The summed E-state index contributed by atoms with van der Waals surface area (Å²) >= 11 is 0. The van der Waals surface area contributed by atoms with Gasteiger partial charge in [-0.3, -0.25) is 9.78 Å². The normalized spacial score (nSPS) is 10.4. The van der Waals surface area contributed by atoms with Crippen LogP contribution < -0.4 is 5.43 Å². The Bertz CT molecular complexity index is 375. The topological polar surface area (TPSA) is 48.5 Å². The maximum absolute atomic E-state index is 12.1. The number of pyridine rings is 1. The third-order valence-corrected chi connectivity index (χ3v) is 2.38. The lowest BCUT2D eigenvalue weighted by Crippen LogP contribution is -2.31. The fraction of sp³-hybridized carbons (Fsp3) is 0.500. The highest BCUT2D eigenvalue weighted by Crippen LogP contribution is 2.10. The van der Waals surface area contributed by atoms with Crippen LogP contribution in [0.3, 0.4) is 0 Å². The maximum Gasteiger partial charge on any atom is 0.272 e. The zero-order chi connectivity index (χ0) is 12.8. The number of hydrazine groups is 1. The third kappa shape index (κ3) is 3.71. The number of rotatable bonds is 5. The molecule has 0 aliphatic rings. The molecule has 5 heteroatoms. The number of hydrogen-bond acceptors (Lipinski definition) is 4.